The maximum absolute atomic E-state index is 6.51. The van der Waals surface area contributed by atoms with E-state index < -0.39 is 0 Å². The van der Waals surface area contributed by atoms with Crippen LogP contribution in [-0.4, -0.2) is 9.55 Å². The molecule has 0 radical (unpaired) electrons. The van der Waals surface area contributed by atoms with E-state index in [1.807, 2.05) is 42.5 Å². The minimum Gasteiger partial charge on any atom is -0.456 e. The first-order valence-electron chi connectivity index (χ1n) is 16.1. The van der Waals surface area contributed by atoms with Crippen molar-refractivity contribution in [2.75, 3.05) is 4.90 Å². The van der Waals surface area contributed by atoms with Gasteiger partial charge >= 0.3 is 0 Å². The van der Waals surface area contributed by atoms with Crippen LogP contribution in [0.4, 0.5) is 17.1 Å². The molecule has 0 atom stereocenters. The van der Waals surface area contributed by atoms with Crippen LogP contribution in [0.2, 0.25) is 0 Å². The Morgan fingerprint density at radius 1 is 0.479 bits per heavy atom. The van der Waals surface area contributed by atoms with Gasteiger partial charge in [-0.3, -0.25) is 0 Å². The molecule has 5 heteroatoms. The molecule has 48 heavy (non-hydrogen) atoms. The van der Waals surface area contributed by atoms with E-state index >= 15 is 0 Å². The van der Waals surface area contributed by atoms with Gasteiger partial charge in [0.25, 0.3) is 0 Å². The summed E-state index contributed by atoms with van der Waals surface area (Å²) in [5.74, 6) is 0.593. The van der Waals surface area contributed by atoms with Crippen molar-refractivity contribution >= 4 is 71.9 Å². The second-order valence-electron chi connectivity index (χ2n) is 12.0. The number of benzene rings is 7. The Morgan fingerprint density at radius 3 is 2.04 bits per heavy atom. The predicted molar refractivity (Wildman–Crippen MR) is 196 cm³/mol. The van der Waals surface area contributed by atoms with Crippen molar-refractivity contribution < 1.29 is 8.83 Å². The molecule has 0 bridgehead atoms. The fourth-order valence-corrected chi connectivity index (χ4v) is 7.08. The Morgan fingerprint density at radius 2 is 1.21 bits per heavy atom. The van der Waals surface area contributed by atoms with Gasteiger partial charge in [-0.25, -0.2) is 4.98 Å². The molecule has 0 amide bonds. The van der Waals surface area contributed by atoms with Crippen LogP contribution in [0.1, 0.15) is 0 Å². The summed E-state index contributed by atoms with van der Waals surface area (Å²) in [4.78, 5) is 7.12. The Balaban J connectivity index is 1.23. The van der Waals surface area contributed by atoms with Crippen molar-refractivity contribution in [3.8, 4) is 17.1 Å². The minimum absolute atomic E-state index is 0.593. The SMILES string of the molecule is c1ccc(-c2nc3cc4oc5cccc(N(c6ccccc6)c6ccc7c8ccccc8n(-c8ccccc8)c7c6)c5c4cc3o2)cc1. The second-order valence-corrected chi connectivity index (χ2v) is 12.0. The molecule has 10 rings (SSSR count). The molecular weight excluding hydrogens is 590 g/mol. The van der Waals surface area contributed by atoms with Crippen molar-refractivity contribution in [2.24, 2.45) is 0 Å². The number of anilines is 3. The van der Waals surface area contributed by atoms with Crippen LogP contribution in [0, 0.1) is 0 Å². The van der Waals surface area contributed by atoms with E-state index in [0.29, 0.717) is 5.89 Å². The molecule has 7 aromatic carbocycles. The van der Waals surface area contributed by atoms with Crippen molar-refractivity contribution in [3.05, 3.63) is 164 Å². The van der Waals surface area contributed by atoms with Gasteiger partial charge < -0.3 is 18.3 Å². The molecule has 0 fully saturated rings. The summed E-state index contributed by atoms with van der Waals surface area (Å²) in [6, 6.07) is 56.8. The molecule has 3 aromatic heterocycles. The molecule has 0 aliphatic carbocycles. The third kappa shape index (κ3) is 4.08. The summed E-state index contributed by atoms with van der Waals surface area (Å²) in [6.07, 6.45) is 0. The summed E-state index contributed by atoms with van der Waals surface area (Å²) < 4.78 is 15.2. The molecule has 0 saturated carbocycles. The fraction of sp³-hybridized carbons (Fsp3) is 0. The summed E-state index contributed by atoms with van der Waals surface area (Å²) in [5, 5.41) is 4.42. The highest BCUT2D eigenvalue weighted by Crippen LogP contribution is 2.45. The number of hydrogen-bond donors (Lipinski definition) is 0. The van der Waals surface area contributed by atoms with Gasteiger partial charge in [-0.05, 0) is 72.8 Å². The first-order chi connectivity index (χ1) is 23.8. The maximum Gasteiger partial charge on any atom is 0.227 e. The zero-order valence-corrected chi connectivity index (χ0v) is 25.7. The monoisotopic (exact) mass is 617 g/mol. The van der Waals surface area contributed by atoms with Crippen LogP contribution in [0.5, 0.6) is 0 Å². The molecule has 0 aliphatic rings. The largest absolute Gasteiger partial charge is 0.456 e. The molecule has 0 aliphatic heterocycles. The standard InChI is InChI=1S/C43H27N3O2/c1-4-13-28(14-5-1)43-44-35-27-40-34(26-41(35)48-43)42-37(21-12-22-39(42)47-40)45(29-15-6-2-7-16-29)31-23-24-33-32-19-10-11-20-36(32)46(38(33)25-31)30-17-8-3-9-18-30/h1-27H. The van der Waals surface area contributed by atoms with Crippen LogP contribution in [0.15, 0.2) is 173 Å². The Labute approximate surface area is 275 Å². The third-order valence-corrected chi connectivity index (χ3v) is 9.19. The number of fused-ring (bicyclic) bond motifs is 7. The molecule has 0 saturated heterocycles. The zero-order chi connectivity index (χ0) is 31.6. The molecule has 0 unspecified atom stereocenters. The van der Waals surface area contributed by atoms with E-state index in [2.05, 4.69) is 131 Å². The first kappa shape index (κ1) is 26.6. The Kier molecular flexibility index (Phi) is 5.81. The van der Waals surface area contributed by atoms with Gasteiger partial charge in [0.1, 0.15) is 16.7 Å². The summed E-state index contributed by atoms with van der Waals surface area (Å²) >= 11 is 0. The van der Waals surface area contributed by atoms with Gasteiger partial charge in [0, 0.05) is 44.9 Å². The van der Waals surface area contributed by atoms with Crippen molar-refractivity contribution in [2.45, 2.75) is 0 Å². The van der Waals surface area contributed by atoms with Crippen molar-refractivity contribution in [3.63, 3.8) is 0 Å². The van der Waals surface area contributed by atoms with Gasteiger partial charge in [-0.15, -0.1) is 0 Å². The highest BCUT2D eigenvalue weighted by Gasteiger charge is 2.22. The summed E-state index contributed by atoms with van der Waals surface area (Å²) in [5.41, 5.74) is 10.6. The summed E-state index contributed by atoms with van der Waals surface area (Å²) in [6.45, 7) is 0. The highest BCUT2D eigenvalue weighted by molar-refractivity contribution is 6.16. The number of rotatable bonds is 5. The highest BCUT2D eigenvalue weighted by atomic mass is 16.4. The Hall–Kier alpha value is -6.59. The number of nitrogens with zero attached hydrogens (tertiary/aromatic N) is 3. The number of oxazole rings is 1. The number of para-hydroxylation sites is 3. The number of furan rings is 1. The second kappa shape index (κ2) is 10.5. The summed E-state index contributed by atoms with van der Waals surface area (Å²) in [7, 11) is 0. The number of hydrogen-bond acceptors (Lipinski definition) is 4. The molecule has 10 aromatic rings. The van der Waals surface area contributed by atoms with Gasteiger partial charge in [-0.2, -0.15) is 0 Å². The van der Waals surface area contributed by atoms with E-state index in [1.54, 1.807) is 0 Å². The fourth-order valence-electron chi connectivity index (χ4n) is 7.08. The number of aromatic nitrogens is 2. The quantitative estimate of drug-likeness (QED) is 0.193. The van der Waals surface area contributed by atoms with Gasteiger partial charge in [-0.1, -0.05) is 84.9 Å². The molecule has 5 nitrogen and oxygen atoms in total. The molecule has 0 N–H and O–H groups in total. The first-order valence-corrected chi connectivity index (χ1v) is 16.1. The third-order valence-electron chi connectivity index (χ3n) is 9.19. The van der Waals surface area contributed by atoms with E-state index in [1.165, 1.54) is 16.3 Å². The van der Waals surface area contributed by atoms with Gasteiger partial charge in [0.2, 0.25) is 5.89 Å². The smallest absolute Gasteiger partial charge is 0.227 e. The lowest BCUT2D eigenvalue weighted by atomic mass is 10.1. The lowest BCUT2D eigenvalue weighted by Gasteiger charge is -2.26. The van der Waals surface area contributed by atoms with E-state index in [9.17, 15) is 0 Å². The minimum atomic E-state index is 0.593. The average Bonchev–Trinajstić information content (AvgIpc) is 3.83. The Bertz CT molecular complexity index is 2780. The maximum atomic E-state index is 6.51. The molecular formula is C43H27N3O2. The molecule has 226 valence electrons. The molecule has 0 spiro atoms. The van der Waals surface area contributed by atoms with Crippen LogP contribution in [-0.2, 0) is 0 Å². The van der Waals surface area contributed by atoms with Gasteiger partial charge in [0.05, 0.1) is 22.1 Å². The van der Waals surface area contributed by atoms with Crippen LogP contribution >= 0.6 is 0 Å². The van der Waals surface area contributed by atoms with Gasteiger partial charge in [0.15, 0.2) is 5.58 Å². The topological polar surface area (TPSA) is 47.3 Å². The normalized spacial score (nSPS) is 11.8. The van der Waals surface area contributed by atoms with Crippen LogP contribution in [0.25, 0.3) is 72.0 Å². The predicted octanol–water partition coefficient (Wildman–Crippen LogP) is 12.0. The van der Waals surface area contributed by atoms with Crippen LogP contribution < -0.4 is 4.90 Å². The lowest BCUT2D eigenvalue weighted by Crippen LogP contribution is -2.10. The molecule has 3 heterocycles. The van der Waals surface area contributed by atoms with Crippen molar-refractivity contribution in [1.82, 2.24) is 9.55 Å². The van der Waals surface area contributed by atoms with Crippen molar-refractivity contribution in [1.29, 1.82) is 0 Å². The van der Waals surface area contributed by atoms with E-state index in [4.69, 9.17) is 13.8 Å². The van der Waals surface area contributed by atoms with E-state index in [-0.39, 0.29) is 0 Å². The zero-order valence-electron chi connectivity index (χ0n) is 25.7. The lowest BCUT2D eigenvalue weighted by molar-refractivity contribution is 0.620. The average molecular weight is 618 g/mol. The van der Waals surface area contributed by atoms with E-state index in [0.717, 1.165) is 66.9 Å². The van der Waals surface area contributed by atoms with Crippen LogP contribution in [0.3, 0.4) is 0 Å².